The summed E-state index contributed by atoms with van der Waals surface area (Å²) in [6.07, 6.45) is 13.8. The average molecular weight is 612 g/mol. The zero-order chi connectivity index (χ0) is 30.5. The molecule has 1 saturated heterocycles. The number of nitrogens with zero attached hydrogens (tertiary/aromatic N) is 3. The molecule has 232 valence electrons. The molecule has 1 aliphatic heterocycles. The largest absolute Gasteiger partial charge is 0.496 e. The first-order valence-corrected chi connectivity index (χ1v) is 13.7. The Morgan fingerprint density at radius 3 is 1.60 bits per heavy atom. The molecule has 0 radical (unpaired) electrons. The maximum atomic E-state index is 13.2. The van der Waals surface area contributed by atoms with Crippen molar-refractivity contribution in [1.82, 2.24) is 14.7 Å². The molecule has 0 bridgehead atoms. The Morgan fingerprint density at radius 2 is 1.19 bits per heavy atom. The summed E-state index contributed by atoms with van der Waals surface area (Å²) in [5.41, 5.74) is 1.59. The summed E-state index contributed by atoms with van der Waals surface area (Å²) in [7, 11) is 10.3. The fourth-order valence-corrected chi connectivity index (χ4v) is 4.79. The minimum atomic E-state index is -0.144. The number of benzene rings is 2. The van der Waals surface area contributed by atoms with Gasteiger partial charge in [0.1, 0.15) is 23.0 Å². The number of methoxy groups -OCH3 is 4. The van der Waals surface area contributed by atoms with Crippen molar-refractivity contribution in [1.29, 1.82) is 0 Å². The van der Waals surface area contributed by atoms with E-state index in [1.54, 1.807) is 69.8 Å². The Bertz CT molecular complexity index is 1290. The molecule has 1 atom stereocenters. The number of ether oxygens (including phenoxy) is 4. The highest BCUT2D eigenvalue weighted by Crippen LogP contribution is 2.30. The lowest BCUT2D eigenvalue weighted by Crippen LogP contribution is -2.58. The number of halogens is 1. The summed E-state index contributed by atoms with van der Waals surface area (Å²) in [5.74, 6) is 2.52. The van der Waals surface area contributed by atoms with Gasteiger partial charge < -0.3 is 33.6 Å². The van der Waals surface area contributed by atoms with Crippen LogP contribution < -0.4 is 18.9 Å². The average Bonchev–Trinajstić information content (AvgIpc) is 3.00. The molecular weight excluding hydrogens is 570 g/mol. The molecule has 1 aliphatic rings. The van der Waals surface area contributed by atoms with Crippen LogP contribution in [0.15, 0.2) is 72.9 Å². The van der Waals surface area contributed by atoms with E-state index < -0.39 is 0 Å². The minimum Gasteiger partial charge on any atom is -0.496 e. The first-order chi connectivity index (χ1) is 20.3. The lowest BCUT2D eigenvalue weighted by molar-refractivity contribution is -0.137. The summed E-state index contributed by atoms with van der Waals surface area (Å²) in [6, 6.07) is 11.0. The highest BCUT2D eigenvalue weighted by atomic mass is 35.5. The van der Waals surface area contributed by atoms with E-state index in [4.69, 9.17) is 18.9 Å². The maximum absolute atomic E-state index is 13.2. The fourth-order valence-electron chi connectivity index (χ4n) is 4.79. The number of hydrogen-bond acceptors (Lipinski definition) is 7. The lowest BCUT2D eigenvalue weighted by Gasteiger charge is -2.41. The fraction of sp³-hybridized carbons (Fsp3) is 0.333. The number of amides is 2. The van der Waals surface area contributed by atoms with Crippen molar-refractivity contribution in [3.63, 3.8) is 0 Å². The van der Waals surface area contributed by atoms with E-state index in [-0.39, 0.29) is 30.3 Å². The molecule has 43 heavy (non-hydrogen) atoms. The molecule has 2 aromatic rings. The van der Waals surface area contributed by atoms with Crippen LogP contribution in [0, 0.1) is 0 Å². The molecule has 0 N–H and O–H groups in total. The number of likely N-dealkylation sites (N-methyl/N-ethyl adjacent to an activating group) is 1. The molecule has 3 rings (SSSR count). The van der Waals surface area contributed by atoms with Crippen molar-refractivity contribution >= 4 is 36.4 Å². The summed E-state index contributed by atoms with van der Waals surface area (Å²) >= 11 is 0. The Labute approximate surface area is 261 Å². The van der Waals surface area contributed by atoms with Crippen LogP contribution in [0.2, 0.25) is 0 Å². The van der Waals surface area contributed by atoms with Gasteiger partial charge in [0.25, 0.3) is 0 Å². The number of allylic oxidation sites excluding steroid dienone is 4. The van der Waals surface area contributed by atoms with Crippen LogP contribution in [0.25, 0.3) is 12.2 Å². The molecule has 0 aromatic heterocycles. The van der Waals surface area contributed by atoms with Crippen molar-refractivity contribution < 1.29 is 28.5 Å². The summed E-state index contributed by atoms with van der Waals surface area (Å²) in [4.78, 5) is 31.8. The Balaban J connectivity index is 0.00000645. The van der Waals surface area contributed by atoms with E-state index in [1.807, 2.05) is 72.4 Å². The van der Waals surface area contributed by atoms with Gasteiger partial charge in [0.15, 0.2) is 0 Å². The summed E-state index contributed by atoms with van der Waals surface area (Å²) in [6.45, 7) is 1.97. The molecule has 1 fully saturated rings. The molecule has 1 heterocycles. The number of hydrogen-bond donors (Lipinski definition) is 0. The second-order valence-corrected chi connectivity index (χ2v) is 9.82. The van der Waals surface area contributed by atoms with Crippen molar-refractivity contribution in [2.45, 2.75) is 6.04 Å². The lowest BCUT2D eigenvalue weighted by atomic mass is 10.1. The Morgan fingerprint density at radius 1 is 0.744 bits per heavy atom. The van der Waals surface area contributed by atoms with E-state index >= 15 is 0 Å². The van der Waals surface area contributed by atoms with E-state index in [0.717, 1.165) is 11.1 Å². The van der Waals surface area contributed by atoms with Gasteiger partial charge in [-0.15, -0.1) is 12.4 Å². The number of carbonyl (C=O) groups is 2. The van der Waals surface area contributed by atoms with Gasteiger partial charge in [-0.1, -0.05) is 36.4 Å². The maximum Gasteiger partial charge on any atom is 0.246 e. The quantitative estimate of drug-likeness (QED) is 0.257. The van der Waals surface area contributed by atoms with Gasteiger partial charge in [-0.2, -0.15) is 0 Å². The van der Waals surface area contributed by atoms with E-state index in [0.29, 0.717) is 49.2 Å². The molecule has 2 amide bonds. The van der Waals surface area contributed by atoms with Crippen LogP contribution >= 0.6 is 12.4 Å². The van der Waals surface area contributed by atoms with Gasteiger partial charge in [0, 0.05) is 38.3 Å². The molecule has 0 aliphatic carbocycles. The van der Waals surface area contributed by atoms with Crippen LogP contribution in [0.4, 0.5) is 0 Å². The minimum absolute atomic E-state index is 0. The van der Waals surface area contributed by atoms with Crippen LogP contribution in [0.3, 0.4) is 0 Å². The van der Waals surface area contributed by atoms with Gasteiger partial charge in [-0.05, 0) is 50.5 Å². The predicted octanol–water partition coefficient (Wildman–Crippen LogP) is 4.58. The molecule has 0 saturated carbocycles. The highest BCUT2D eigenvalue weighted by molar-refractivity contribution is 5.90. The molecule has 0 spiro atoms. The number of carbonyl (C=O) groups excluding carboxylic acids is 2. The van der Waals surface area contributed by atoms with Gasteiger partial charge in [-0.25, -0.2) is 0 Å². The van der Waals surface area contributed by atoms with Crippen molar-refractivity contribution in [2.75, 3.05) is 68.7 Å². The Hall–Kier alpha value is -4.21. The molecule has 10 heteroatoms. The molecule has 2 aromatic carbocycles. The third-order valence-electron chi connectivity index (χ3n) is 6.81. The smallest absolute Gasteiger partial charge is 0.246 e. The third kappa shape index (κ3) is 9.66. The topological polar surface area (TPSA) is 80.8 Å². The highest BCUT2D eigenvalue weighted by Gasteiger charge is 2.31. The van der Waals surface area contributed by atoms with Crippen LogP contribution in [-0.2, 0) is 9.59 Å². The van der Waals surface area contributed by atoms with Gasteiger partial charge in [0.05, 0.1) is 45.6 Å². The number of piperazine rings is 1. The van der Waals surface area contributed by atoms with Crippen LogP contribution in [-0.4, -0.2) is 101 Å². The summed E-state index contributed by atoms with van der Waals surface area (Å²) in [5, 5.41) is 0. The van der Waals surface area contributed by atoms with Crippen molar-refractivity contribution in [3.8, 4) is 23.0 Å². The Kier molecular flexibility index (Phi) is 14.4. The van der Waals surface area contributed by atoms with E-state index in [1.165, 1.54) is 0 Å². The standard InChI is InChI=1S/C33H41N3O6.ClH/c1-34(2)23-25-24-35(32(37)19-9-7-13-26-28(39-3)15-11-16-29(26)40-4)21-22-36(25)33(38)20-10-8-14-27-30(41-5)17-12-18-31(27)42-6;/h7-20,25H,21-24H2,1-6H3;1H/b13-7+,14-8+,19-9+,20-10+;. The van der Waals surface area contributed by atoms with Crippen molar-refractivity contribution in [3.05, 3.63) is 84.0 Å². The first-order valence-electron chi connectivity index (χ1n) is 13.7. The van der Waals surface area contributed by atoms with E-state index in [2.05, 4.69) is 0 Å². The molecular formula is C33H42ClN3O6. The molecule has 9 nitrogen and oxygen atoms in total. The summed E-state index contributed by atoms with van der Waals surface area (Å²) < 4.78 is 21.7. The third-order valence-corrected chi connectivity index (χ3v) is 6.81. The SMILES string of the molecule is COc1cccc(OC)c1/C=C/C=C/C(=O)N1CCN(C(=O)/C=C/C=C/c2c(OC)cccc2OC)C(CN(C)C)C1.Cl. The zero-order valence-corrected chi connectivity index (χ0v) is 26.5. The normalized spacial score (nSPS) is 15.5. The monoisotopic (exact) mass is 611 g/mol. The van der Waals surface area contributed by atoms with Crippen molar-refractivity contribution in [2.24, 2.45) is 0 Å². The van der Waals surface area contributed by atoms with Crippen LogP contribution in [0.1, 0.15) is 11.1 Å². The second kappa shape index (κ2) is 17.7. The van der Waals surface area contributed by atoms with E-state index in [9.17, 15) is 9.59 Å². The molecule has 1 unspecified atom stereocenters. The first kappa shape index (κ1) is 35.0. The number of rotatable bonds is 12. The van der Waals surface area contributed by atoms with Gasteiger partial charge in [-0.3, -0.25) is 9.59 Å². The van der Waals surface area contributed by atoms with Gasteiger partial charge >= 0.3 is 0 Å². The second-order valence-electron chi connectivity index (χ2n) is 9.82. The van der Waals surface area contributed by atoms with Gasteiger partial charge in [0.2, 0.25) is 11.8 Å². The zero-order valence-electron chi connectivity index (χ0n) is 25.7. The van der Waals surface area contributed by atoms with Crippen LogP contribution in [0.5, 0.6) is 23.0 Å². The predicted molar refractivity (Wildman–Crippen MR) is 173 cm³/mol.